The van der Waals surface area contributed by atoms with Gasteiger partial charge in [0.05, 0.1) is 22.1 Å². The van der Waals surface area contributed by atoms with Crippen LogP contribution in [0.3, 0.4) is 0 Å². The minimum absolute atomic E-state index is 0.513. The largest absolute Gasteiger partial charge is 0.276 e. The topological polar surface area (TPSA) is 60.9 Å². The summed E-state index contributed by atoms with van der Waals surface area (Å²) >= 11 is 0. The molecule has 0 N–H and O–H groups in total. The third-order valence-corrected chi connectivity index (χ3v) is 8.52. The first kappa shape index (κ1) is 26.0. The molecular weight excluding hydrogens is 564 g/mol. The predicted molar refractivity (Wildman–Crippen MR) is 185 cm³/mol. The lowest BCUT2D eigenvalue weighted by atomic mass is 9.87. The summed E-state index contributed by atoms with van der Waals surface area (Å²) in [6, 6.07) is 52.4. The zero-order valence-corrected chi connectivity index (χ0v) is 24.7. The van der Waals surface area contributed by atoms with E-state index >= 15 is 0 Å². The molecule has 0 bridgehead atoms. The van der Waals surface area contributed by atoms with Crippen molar-refractivity contribution in [1.29, 1.82) is 0 Å². The Kier molecular flexibility index (Phi) is 6.03. The molecule has 0 atom stereocenters. The normalized spacial score (nSPS) is 11.5. The van der Waals surface area contributed by atoms with E-state index in [0.717, 1.165) is 66.8 Å². The first-order valence-corrected chi connectivity index (χ1v) is 15.2. The molecule has 6 nitrogen and oxygen atoms in total. The maximum Gasteiger partial charge on any atom is 0.240 e. The molecule has 6 aromatic carbocycles. The third kappa shape index (κ3) is 4.19. The molecule has 3 aromatic heterocycles. The Labute approximate surface area is 264 Å². The molecule has 9 rings (SSSR count). The van der Waals surface area contributed by atoms with Gasteiger partial charge in [0.25, 0.3) is 0 Å². The lowest BCUT2D eigenvalue weighted by molar-refractivity contribution is 0.931. The Morgan fingerprint density at radius 3 is 1.54 bits per heavy atom. The number of fused-ring (bicyclic) bond motifs is 5. The average Bonchev–Trinajstić information content (AvgIpc) is 3.67. The zero-order chi connectivity index (χ0) is 30.5. The van der Waals surface area contributed by atoms with Crippen molar-refractivity contribution in [2.45, 2.75) is 0 Å². The highest BCUT2D eigenvalue weighted by molar-refractivity contribution is 5.95. The van der Waals surface area contributed by atoms with Crippen LogP contribution in [-0.2, 0) is 0 Å². The van der Waals surface area contributed by atoms with E-state index in [4.69, 9.17) is 19.9 Å². The molecule has 0 spiro atoms. The summed E-state index contributed by atoms with van der Waals surface area (Å²) in [7, 11) is 0. The van der Waals surface area contributed by atoms with Crippen molar-refractivity contribution in [3.8, 4) is 50.7 Å². The second-order valence-corrected chi connectivity index (χ2v) is 11.2. The van der Waals surface area contributed by atoms with E-state index in [0.29, 0.717) is 11.8 Å². The summed E-state index contributed by atoms with van der Waals surface area (Å²) in [6.45, 7) is 0. The smallest absolute Gasteiger partial charge is 0.240 e. The van der Waals surface area contributed by atoms with Gasteiger partial charge in [-0.3, -0.25) is 4.40 Å². The molecule has 0 saturated carbocycles. The highest BCUT2D eigenvalue weighted by Gasteiger charge is 2.21. The van der Waals surface area contributed by atoms with Crippen LogP contribution in [0.4, 0.5) is 0 Å². The first-order valence-electron chi connectivity index (χ1n) is 15.2. The second kappa shape index (κ2) is 10.6. The predicted octanol–water partition coefficient (Wildman–Crippen LogP) is 9.28. The van der Waals surface area contributed by atoms with Crippen molar-refractivity contribution >= 4 is 27.8 Å². The number of rotatable bonds is 5. The lowest BCUT2D eigenvalue weighted by Gasteiger charge is -2.17. The van der Waals surface area contributed by atoms with E-state index < -0.39 is 0 Å². The van der Waals surface area contributed by atoms with E-state index in [1.807, 2.05) is 47.0 Å². The molecular formula is C40H26N6. The number of hydrogen-bond donors (Lipinski definition) is 0. The molecule has 0 unspecified atom stereocenters. The Balaban J connectivity index is 1.32. The molecule has 216 valence electrons. The van der Waals surface area contributed by atoms with Gasteiger partial charge in [-0.05, 0) is 69.8 Å². The van der Waals surface area contributed by atoms with Crippen LogP contribution in [0.25, 0.3) is 78.6 Å². The van der Waals surface area contributed by atoms with E-state index in [1.54, 1.807) is 6.33 Å². The summed E-state index contributed by atoms with van der Waals surface area (Å²) in [5, 5.41) is 0. The summed E-state index contributed by atoms with van der Waals surface area (Å²) in [5.74, 6) is 1.86. The Morgan fingerprint density at radius 2 is 0.913 bits per heavy atom. The fourth-order valence-electron chi connectivity index (χ4n) is 6.43. The number of aromatic nitrogens is 6. The Morgan fingerprint density at radius 1 is 0.413 bits per heavy atom. The number of imidazole rings is 2. The number of hydrogen-bond acceptors (Lipinski definition) is 4. The van der Waals surface area contributed by atoms with E-state index in [9.17, 15) is 0 Å². The van der Waals surface area contributed by atoms with E-state index in [2.05, 4.69) is 114 Å². The van der Waals surface area contributed by atoms with Crippen molar-refractivity contribution in [2.24, 2.45) is 0 Å². The molecule has 9 aromatic rings. The fourth-order valence-corrected chi connectivity index (χ4v) is 6.43. The number of nitrogens with zero attached hydrogens (tertiary/aromatic N) is 6. The molecule has 0 aliphatic heterocycles. The van der Waals surface area contributed by atoms with Gasteiger partial charge >= 0.3 is 0 Å². The summed E-state index contributed by atoms with van der Waals surface area (Å²) in [5.41, 5.74) is 11.6. The SMILES string of the molecule is c1ccc(-c2cc(-c3ccccc3)c(-c3ncnc(-n4c5ccccc5n5c6ccccc6nc45)n3)cc2-c2ccccc2)cc1. The van der Waals surface area contributed by atoms with E-state index in [1.165, 1.54) is 0 Å². The Hall–Kier alpha value is -6.40. The third-order valence-electron chi connectivity index (χ3n) is 8.52. The molecule has 0 amide bonds. The van der Waals surface area contributed by atoms with Gasteiger partial charge in [0.15, 0.2) is 5.82 Å². The molecule has 46 heavy (non-hydrogen) atoms. The van der Waals surface area contributed by atoms with Crippen molar-refractivity contribution in [3.05, 3.63) is 158 Å². The van der Waals surface area contributed by atoms with Crippen molar-refractivity contribution in [2.75, 3.05) is 0 Å². The van der Waals surface area contributed by atoms with Crippen LogP contribution in [0.2, 0.25) is 0 Å². The van der Waals surface area contributed by atoms with Gasteiger partial charge in [-0.15, -0.1) is 0 Å². The van der Waals surface area contributed by atoms with Gasteiger partial charge in [0, 0.05) is 5.56 Å². The van der Waals surface area contributed by atoms with Gasteiger partial charge in [-0.25, -0.2) is 19.5 Å². The highest BCUT2D eigenvalue weighted by Crippen LogP contribution is 2.41. The average molecular weight is 591 g/mol. The molecule has 0 radical (unpaired) electrons. The van der Waals surface area contributed by atoms with Gasteiger partial charge < -0.3 is 0 Å². The van der Waals surface area contributed by atoms with Gasteiger partial charge in [0.1, 0.15) is 6.33 Å². The Bertz CT molecular complexity index is 2520. The summed E-state index contributed by atoms with van der Waals surface area (Å²) in [6.07, 6.45) is 1.60. The maximum absolute atomic E-state index is 5.17. The molecule has 0 saturated heterocycles. The van der Waals surface area contributed by atoms with Crippen LogP contribution in [-0.4, -0.2) is 28.9 Å². The van der Waals surface area contributed by atoms with Gasteiger partial charge in [-0.2, -0.15) is 4.98 Å². The fraction of sp³-hybridized carbons (Fsp3) is 0. The second-order valence-electron chi connectivity index (χ2n) is 11.2. The van der Waals surface area contributed by atoms with Crippen LogP contribution in [0, 0.1) is 0 Å². The minimum atomic E-state index is 0.513. The summed E-state index contributed by atoms with van der Waals surface area (Å²) in [4.78, 5) is 19.7. The molecule has 6 heteroatoms. The molecule has 0 aliphatic carbocycles. The van der Waals surface area contributed by atoms with Crippen LogP contribution >= 0.6 is 0 Å². The van der Waals surface area contributed by atoms with Crippen molar-refractivity contribution in [1.82, 2.24) is 28.9 Å². The zero-order valence-electron chi connectivity index (χ0n) is 24.7. The molecule has 0 fully saturated rings. The standard InChI is InChI=1S/C40H26N6/c1-4-14-27(15-5-1)30-24-32(29-18-8-3-9-19-29)33(25-31(30)28-16-6-2-7-17-28)38-41-26-42-39(44-38)46-37-23-13-12-22-36(37)45-35-21-11-10-20-34(35)43-40(45)46/h1-26H. The van der Waals surface area contributed by atoms with Crippen LogP contribution in [0.1, 0.15) is 0 Å². The quantitative estimate of drug-likeness (QED) is 0.200. The lowest BCUT2D eigenvalue weighted by Crippen LogP contribution is -2.05. The van der Waals surface area contributed by atoms with E-state index in [-0.39, 0.29) is 0 Å². The first-order chi connectivity index (χ1) is 22.8. The van der Waals surface area contributed by atoms with Crippen LogP contribution < -0.4 is 0 Å². The highest BCUT2D eigenvalue weighted by atomic mass is 15.3. The van der Waals surface area contributed by atoms with Crippen LogP contribution in [0.15, 0.2) is 158 Å². The molecule has 0 aliphatic rings. The van der Waals surface area contributed by atoms with Crippen molar-refractivity contribution in [3.63, 3.8) is 0 Å². The number of para-hydroxylation sites is 4. The summed E-state index contributed by atoms with van der Waals surface area (Å²) < 4.78 is 4.20. The van der Waals surface area contributed by atoms with Crippen molar-refractivity contribution < 1.29 is 0 Å². The van der Waals surface area contributed by atoms with Crippen LogP contribution in [0.5, 0.6) is 0 Å². The maximum atomic E-state index is 5.17. The van der Waals surface area contributed by atoms with Gasteiger partial charge in [-0.1, -0.05) is 115 Å². The molecule has 3 heterocycles. The van der Waals surface area contributed by atoms with Gasteiger partial charge in [0.2, 0.25) is 11.7 Å². The minimum Gasteiger partial charge on any atom is -0.276 e. The monoisotopic (exact) mass is 590 g/mol. The number of benzene rings is 6.